The van der Waals surface area contributed by atoms with Crippen molar-refractivity contribution in [2.75, 3.05) is 42.5 Å². The number of carbonyl (C=O) groups excluding carboxylic acids is 1. The van der Waals surface area contributed by atoms with Gasteiger partial charge in [-0.15, -0.1) is 10.2 Å². The zero-order valence-corrected chi connectivity index (χ0v) is 28.2. The number of aromatic hydroxyl groups is 1. The molecule has 5 atom stereocenters. The quantitative estimate of drug-likeness (QED) is 0.230. The number of anilines is 2. The summed E-state index contributed by atoms with van der Waals surface area (Å²) in [6.07, 6.45) is -0.501. The Morgan fingerprint density at radius 1 is 1.00 bits per heavy atom. The number of aromatic nitrogens is 3. The molecular formula is C35H41ClN6O6. The van der Waals surface area contributed by atoms with Crippen LogP contribution in [-0.4, -0.2) is 92.3 Å². The van der Waals surface area contributed by atoms with Gasteiger partial charge in [-0.1, -0.05) is 55.7 Å². The van der Waals surface area contributed by atoms with E-state index in [-0.39, 0.29) is 53.2 Å². The highest BCUT2D eigenvalue weighted by molar-refractivity contribution is 6.33. The Kier molecular flexibility index (Phi) is 9.48. The van der Waals surface area contributed by atoms with E-state index < -0.39 is 24.0 Å². The number of carboxylic acids is 1. The first-order chi connectivity index (χ1) is 22.9. The maximum atomic E-state index is 14.0. The van der Waals surface area contributed by atoms with E-state index in [1.54, 1.807) is 19.1 Å². The average Bonchev–Trinajstić information content (AvgIpc) is 3.44. The van der Waals surface area contributed by atoms with Gasteiger partial charge < -0.3 is 34.5 Å². The van der Waals surface area contributed by atoms with Crippen LogP contribution < -0.4 is 9.80 Å². The Bertz CT molecular complexity index is 1810. The number of halogens is 1. The number of phenolic OH excluding ortho intramolecular Hbond substituents is 1. The summed E-state index contributed by atoms with van der Waals surface area (Å²) < 4.78 is 5.77. The second-order valence-corrected chi connectivity index (χ2v) is 13.7. The van der Waals surface area contributed by atoms with E-state index in [1.165, 1.54) is 4.90 Å². The summed E-state index contributed by atoms with van der Waals surface area (Å²) >= 11 is 6.89. The molecule has 0 radical (unpaired) electrons. The van der Waals surface area contributed by atoms with Gasteiger partial charge in [-0.05, 0) is 61.4 Å². The minimum Gasteiger partial charge on any atom is -0.507 e. The maximum absolute atomic E-state index is 14.0. The lowest BCUT2D eigenvalue weighted by Gasteiger charge is -2.43. The van der Waals surface area contributed by atoms with Crippen molar-refractivity contribution in [3.8, 4) is 17.0 Å². The Morgan fingerprint density at radius 3 is 2.38 bits per heavy atom. The predicted octanol–water partition coefficient (Wildman–Crippen LogP) is 5.03. The van der Waals surface area contributed by atoms with Crippen molar-refractivity contribution in [3.05, 3.63) is 59.3 Å². The number of piperidine rings is 1. The lowest BCUT2D eigenvalue weighted by atomic mass is 9.78. The van der Waals surface area contributed by atoms with Crippen molar-refractivity contribution >= 4 is 45.9 Å². The van der Waals surface area contributed by atoms with E-state index in [2.05, 4.69) is 20.3 Å². The van der Waals surface area contributed by atoms with Crippen LogP contribution in [-0.2, 0) is 9.59 Å². The van der Waals surface area contributed by atoms with E-state index in [1.807, 2.05) is 62.1 Å². The topological polar surface area (TPSA) is 156 Å². The summed E-state index contributed by atoms with van der Waals surface area (Å²) in [6.45, 7) is 10.1. The molecule has 6 rings (SSSR count). The zero-order chi connectivity index (χ0) is 34.3. The van der Waals surface area contributed by atoms with Crippen LogP contribution in [0.15, 0.2) is 53.1 Å². The number of likely N-dealkylation sites (tertiary alicyclic amines) is 1. The lowest BCUT2D eigenvalue weighted by molar-refractivity contribution is -0.157. The number of carboxylic acid groups (broad SMARTS) is 1. The van der Waals surface area contributed by atoms with Crippen LogP contribution in [0, 0.1) is 17.8 Å². The molecule has 2 aliphatic heterocycles. The molecule has 0 aliphatic carbocycles. The molecule has 1 amide bonds. The number of fused-ring (bicyclic) bond motifs is 1. The number of para-hydroxylation sites is 1. The molecular weight excluding hydrogens is 636 g/mol. The number of hydrogen-bond donors (Lipinski definition) is 3. The van der Waals surface area contributed by atoms with E-state index in [9.17, 15) is 24.9 Å². The Balaban J connectivity index is 1.16. The third-order valence-electron chi connectivity index (χ3n) is 9.83. The van der Waals surface area contributed by atoms with Gasteiger partial charge in [0.25, 0.3) is 0 Å². The minimum atomic E-state index is -1.10. The van der Waals surface area contributed by atoms with Crippen LogP contribution in [0.3, 0.4) is 0 Å². The number of nitrogens with zero attached hydrogens (tertiary/aromatic N) is 6. The SMILES string of the molecule is CC(O)[C@@H]1C[C@@H](C(=O)O)N(C(=O)[C@@H](c2onc(N3CCN(c4ccc5cc(-c6ccccc6O)nnc5c4)CC3)c2Cl)C(C)C)CC1C. The van der Waals surface area contributed by atoms with E-state index >= 15 is 0 Å². The highest BCUT2D eigenvalue weighted by Gasteiger charge is 2.45. The number of aliphatic hydroxyl groups excluding tert-OH is 1. The van der Waals surface area contributed by atoms with Crippen molar-refractivity contribution in [2.45, 2.75) is 52.2 Å². The van der Waals surface area contributed by atoms with E-state index in [0.29, 0.717) is 43.3 Å². The highest BCUT2D eigenvalue weighted by Crippen LogP contribution is 2.40. The number of benzene rings is 2. The van der Waals surface area contributed by atoms with Gasteiger partial charge in [-0.2, -0.15) is 0 Å². The Labute approximate surface area is 283 Å². The molecule has 2 aromatic heterocycles. The number of rotatable bonds is 8. The van der Waals surface area contributed by atoms with Gasteiger partial charge >= 0.3 is 5.97 Å². The molecule has 2 saturated heterocycles. The van der Waals surface area contributed by atoms with E-state index in [4.69, 9.17) is 16.1 Å². The molecule has 0 saturated carbocycles. The molecule has 254 valence electrons. The number of hydrogen-bond acceptors (Lipinski definition) is 10. The van der Waals surface area contributed by atoms with Crippen molar-refractivity contribution in [2.24, 2.45) is 17.8 Å². The molecule has 0 spiro atoms. The van der Waals surface area contributed by atoms with Gasteiger partial charge in [0.15, 0.2) is 11.6 Å². The molecule has 4 aromatic rings. The first-order valence-electron chi connectivity index (χ1n) is 16.4. The van der Waals surface area contributed by atoms with Crippen LogP contribution in [0.2, 0.25) is 5.02 Å². The molecule has 2 unspecified atom stereocenters. The number of carbonyl (C=O) groups is 2. The van der Waals surface area contributed by atoms with Crippen LogP contribution in [0.25, 0.3) is 22.2 Å². The fourth-order valence-electron chi connectivity index (χ4n) is 7.11. The zero-order valence-electron chi connectivity index (χ0n) is 27.5. The summed E-state index contributed by atoms with van der Waals surface area (Å²) in [5.74, 6) is -1.97. The summed E-state index contributed by atoms with van der Waals surface area (Å²) in [7, 11) is 0. The maximum Gasteiger partial charge on any atom is 0.326 e. The van der Waals surface area contributed by atoms with Crippen molar-refractivity contribution < 1.29 is 29.4 Å². The molecule has 13 heteroatoms. The molecule has 4 heterocycles. The van der Waals surface area contributed by atoms with Gasteiger partial charge in [0, 0.05) is 49.4 Å². The van der Waals surface area contributed by atoms with Crippen LogP contribution in [0.1, 0.15) is 45.8 Å². The minimum absolute atomic E-state index is 0.0784. The van der Waals surface area contributed by atoms with E-state index in [0.717, 1.165) is 16.6 Å². The van der Waals surface area contributed by atoms with Gasteiger partial charge in [-0.3, -0.25) is 4.79 Å². The third-order valence-corrected chi connectivity index (χ3v) is 10.2. The molecule has 2 aromatic carbocycles. The predicted molar refractivity (Wildman–Crippen MR) is 182 cm³/mol. The average molecular weight is 677 g/mol. The number of phenols is 1. The second-order valence-electron chi connectivity index (χ2n) is 13.3. The molecule has 12 nitrogen and oxygen atoms in total. The molecule has 2 fully saturated rings. The van der Waals surface area contributed by atoms with Gasteiger partial charge in [-0.25, -0.2) is 4.79 Å². The van der Waals surface area contributed by atoms with Gasteiger partial charge in [0.2, 0.25) is 5.91 Å². The fraction of sp³-hybridized carbons (Fsp3) is 0.457. The number of amides is 1. The smallest absolute Gasteiger partial charge is 0.326 e. The standard InChI is InChI=1S/C35H41ClN6O6/c1-19(2)30(34(45)42-18-20(3)25(21(4)43)17-28(42)35(46)47)32-31(36)33(39-48-32)41-13-11-40(12-14-41)23-10-9-22-15-27(38-37-26(22)16-23)24-7-5-6-8-29(24)44/h5-10,15-16,19-21,25,28,30,43-44H,11-14,17-18H2,1-4H3,(H,46,47)/t20?,21?,25-,28+,30-/m1/s1. The first kappa shape index (κ1) is 33.5. The van der Waals surface area contributed by atoms with Crippen LogP contribution in [0.5, 0.6) is 5.75 Å². The Hall–Kier alpha value is -4.42. The van der Waals surface area contributed by atoms with Crippen LogP contribution >= 0.6 is 11.6 Å². The lowest BCUT2D eigenvalue weighted by Crippen LogP contribution is -2.56. The van der Waals surface area contributed by atoms with Gasteiger partial charge in [0.1, 0.15) is 22.7 Å². The van der Waals surface area contributed by atoms with Crippen molar-refractivity contribution in [3.63, 3.8) is 0 Å². The summed E-state index contributed by atoms with van der Waals surface area (Å²) in [6, 6.07) is 14.0. The number of aliphatic hydroxyl groups is 1. The normalized spacial score (nSPS) is 21.5. The van der Waals surface area contributed by atoms with Gasteiger partial charge in [0.05, 0.1) is 17.3 Å². The molecule has 2 aliphatic rings. The summed E-state index contributed by atoms with van der Waals surface area (Å²) in [5.41, 5.74) is 2.98. The van der Waals surface area contributed by atoms with Crippen LogP contribution in [0.4, 0.5) is 11.5 Å². The first-order valence-corrected chi connectivity index (χ1v) is 16.7. The largest absolute Gasteiger partial charge is 0.507 e. The van der Waals surface area contributed by atoms with Crippen molar-refractivity contribution in [1.82, 2.24) is 20.3 Å². The third kappa shape index (κ3) is 6.38. The Morgan fingerprint density at radius 2 is 1.71 bits per heavy atom. The monoisotopic (exact) mass is 676 g/mol. The number of piperazine rings is 1. The molecule has 0 bridgehead atoms. The summed E-state index contributed by atoms with van der Waals surface area (Å²) in [5, 5.41) is 44.7. The number of aliphatic carboxylic acids is 1. The molecule has 48 heavy (non-hydrogen) atoms. The summed E-state index contributed by atoms with van der Waals surface area (Å²) in [4.78, 5) is 32.0. The van der Waals surface area contributed by atoms with Crippen molar-refractivity contribution in [1.29, 1.82) is 0 Å². The second kappa shape index (κ2) is 13.6. The molecule has 3 N–H and O–H groups in total. The highest BCUT2D eigenvalue weighted by atomic mass is 35.5. The fourth-order valence-corrected chi connectivity index (χ4v) is 7.42.